The van der Waals surface area contributed by atoms with Crippen LogP contribution in [0.15, 0.2) is 24.3 Å². The van der Waals surface area contributed by atoms with Crippen LogP contribution < -0.4 is 15.8 Å². The molecule has 0 atom stereocenters. The molecule has 0 unspecified atom stereocenters. The average molecular weight is 294 g/mol. The van der Waals surface area contributed by atoms with E-state index < -0.39 is 5.41 Å². The highest BCUT2D eigenvalue weighted by Crippen LogP contribution is 2.33. The number of carbonyl (C=O) groups is 1. The molecule has 5 nitrogen and oxygen atoms in total. The number of thiocarbonyl (C=S) groups is 1. The number of hydrogen-bond acceptors (Lipinski definition) is 4. The first-order chi connectivity index (χ1) is 9.58. The Hall–Kier alpha value is -1.66. The van der Waals surface area contributed by atoms with Crippen molar-refractivity contribution in [3.05, 3.63) is 24.3 Å². The van der Waals surface area contributed by atoms with Gasteiger partial charge in [-0.15, -0.1) is 0 Å². The van der Waals surface area contributed by atoms with Gasteiger partial charge >= 0.3 is 0 Å². The third kappa shape index (κ3) is 2.91. The van der Waals surface area contributed by atoms with Gasteiger partial charge in [-0.25, -0.2) is 0 Å². The van der Waals surface area contributed by atoms with E-state index in [1.165, 1.54) is 0 Å². The molecule has 1 amide bonds. The van der Waals surface area contributed by atoms with Crippen LogP contribution >= 0.6 is 12.2 Å². The van der Waals surface area contributed by atoms with E-state index in [9.17, 15) is 4.79 Å². The van der Waals surface area contributed by atoms with Crippen molar-refractivity contribution in [2.75, 3.05) is 25.6 Å². The normalized spacial score (nSPS) is 17.2. The topological polar surface area (TPSA) is 73.6 Å². The maximum Gasteiger partial charge on any atom is 0.237 e. The van der Waals surface area contributed by atoms with Crippen LogP contribution in [0.1, 0.15) is 12.8 Å². The van der Waals surface area contributed by atoms with Crippen LogP contribution in [0.3, 0.4) is 0 Å². The Morgan fingerprint density at radius 3 is 2.75 bits per heavy atom. The second-order valence-electron chi connectivity index (χ2n) is 4.74. The van der Waals surface area contributed by atoms with Crippen LogP contribution in [-0.2, 0) is 9.53 Å². The van der Waals surface area contributed by atoms with Gasteiger partial charge < -0.3 is 20.5 Å². The Morgan fingerprint density at radius 2 is 2.15 bits per heavy atom. The van der Waals surface area contributed by atoms with Gasteiger partial charge in [0.25, 0.3) is 0 Å². The van der Waals surface area contributed by atoms with Gasteiger partial charge in [0.15, 0.2) is 0 Å². The molecule has 0 aromatic heterocycles. The van der Waals surface area contributed by atoms with E-state index in [0.717, 1.165) is 0 Å². The van der Waals surface area contributed by atoms with Gasteiger partial charge in [-0.1, -0.05) is 18.3 Å². The van der Waals surface area contributed by atoms with Gasteiger partial charge in [-0.2, -0.15) is 0 Å². The SMILES string of the molecule is COc1cccc(NC(=O)C2(C(N)=S)CCOCC2)c1. The summed E-state index contributed by atoms with van der Waals surface area (Å²) >= 11 is 5.11. The molecule has 108 valence electrons. The number of carbonyl (C=O) groups excluding carboxylic acids is 1. The summed E-state index contributed by atoms with van der Waals surface area (Å²) in [5.74, 6) is 0.501. The van der Waals surface area contributed by atoms with Crippen LogP contribution in [0.4, 0.5) is 5.69 Å². The van der Waals surface area contributed by atoms with E-state index in [4.69, 9.17) is 27.4 Å². The molecule has 1 aliphatic rings. The van der Waals surface area contributed by atoms with Crippen LogP contribution in [0.5, 0.6) is 5.75 Å². The van der Waals surface area contributed by atoms with Gasteiger partial charge in [0.2, 0.25) is 5.91 Å². The molecule has 20 heavy (non-hydrogen) atoms. The van der Waals surface area contributed by atoms with Crippen molar-refractivity contribution in [2.24, 2.45) is 11.1 Å². The summed E-state index contributed by atoms with van der Waals surface area (Å²) < 4.78 is 10.4. The molecule has 0 spiro atoms. The van der Waals surface area contributed by atoms with Crippen molar-refractivity contribution in [2.45, 2.75) is 12.8 Å². The monoisotopic (exact) mass is 294 g/mol. The largest absolute Gasteiger partial charge is 0.497 e. The molecule has 1 fully saturated rings. The molecule has 0 saturated carbocycles. The quantitative estimate of drug-likeness (QED) is 0.827. The Bertz CT molecular complexity index is 513. The molecule has 6 heteroatoms. The number of rotatable bonds is 4. The molecule has 1 aromatic rings. The molecule has 2 rings (SSSR count). The highest BCUT2D eigenvalue weighted by atomic mass is 32.1. The Labute approximate surface area is 123 Å². The summed E-state index contributed by atoms with van der Waals surface area (Å²) in [5, 5.41) is 2.87. The minimum absolute atomic E-state index is 0.179. The first kappa shape index (κ1) is 14.7. The standard InChI is InChI=1S/C14H18N2O3S/c1-18-11-4-2-3-10(9-11)16-13(17)14(12(15)20)5-7-19-8-6-14/h2-4,9H,5-8H2,1H3,(H2,15,20)(H,16,17). The lowest BCUT2D eigenvalue weighted by Crippen LogP contribution is -2.49. The predicted octanol–water partition coefficient (Wildman–Crippen LogP) is 1.72. The summed E-state index contributed by atoms with van der Waals surface area (Å²) in [7, 11) is 1.58. The summed E-state index contributed by atoms with van der Waals surface area (Å²) in [4.78, 5) is 12.8. The average Bonchev–Trinajstić information content (AvgIpc) is 2.48. The molecule has 1 aromatic carbocycles. The van der Waals surface area contributed by atoms with Crippen molar-refractivity contribution in [1.29, 1.82) is 0 Å². The Morgan fingerprint density at radius 1 is 1.45 bits per heavy atom. The lowest BCUT2D eigenvalue weighted by molar-refractivity contribution is -0.126. The van der Waals surface area contributed by atoms with E-state index >= 15 is 0 Å². The van der Waals surface area contributed by atoms with Gasteiger partial charge in [-0.3, -0.25) is 4.79 Å². The molecule has 0 bridgehead atoms. The van der Waals surface area contributed by atoms with Crippen molar-refractivity contribution in [3.8, 4) is 5.75 Å². The molecule has 1 saturated heterocycles. The number of benzene rings is 1. The molecular weight excluding hydrogens is 276 g/mol. The highest BCUT2D eigenvalue weighted by Gasteiger charge is 2.43. The van der Waals surface area contributed by atoms with Crippen molar-refractivity contribution in [1.82, 2.24) is 0 Å². The first-order valence-corrected chi connectivity index (χ1v) is 6.82. The van der Waals surface area contributed by atoms with Crippen molar-refractivity contribution < 1.29 is 14.3 Å². The van der Waals surface area contributed by atoms with E-state index in [-0.39, 0.29) is 10.9 Å². The number of nitrogens with one attached hydrogen (secondary N) is 1. The van der Waals surface area contributed by atoms with E-state index in [2.05, 4.69) is 5.32 Å². The zero-order valence-electron chi connectivity index (χ0n) is 11.3. The number of anilines is 1. The van der Waals surface area contributed by atoms with E-state index in [1.807, 2.05) is 12.1 Å². The third-order valence-electron chi connectivity index (χ3n) is 3.58. The number of hydrogen-bond donors (Lipinski definition) is 2. The van der Waals surface area contributed by atoms with Gasteiger partial charge in [-0.05, 0) is 25.0 Å². The molecule has 0 radical (unpaired) electrons. The van der Waals surface area contributed by atoms with Crippen molar-refractivity contribution >= 4 is 28.8 Å². The summed E-state index contributed by atoms with van der Waals surface area (Å²) in [5.41, 5.74) is 5.64. The van der Waals surface area contributed by atoms with Gasteiger partial charge in [0.1, 0.15) is 11.2 Å². The molecule has 3 N–H and O–H groups in total. The lowest BCUT2D eigenvalue weighted by atomic mass is 9.79. The zero-order chi connectivity index (χ0) is 14.6. The molecule has 1 aliphatic heterocycles. The second-order valence-corrected chi connectivity index (χ2v) is 5.18. The number of nitrogens with two attached hydrogens (primary N) is 1. The predicted molar refractivity (Wildman–Crippen MR) is 80.9 cm³/mol. The summed E-state index contributed by atoms with van der Waals surface area (Å²) in [6.45, 7) is 0.978. The lowest BCUT2D eigenvalue weighted by Gasteiger charge is -2.34. The van der Waals surface area contributed by atoms with E-state index in [0.29, 0.717) is 37.5 Å². The number of ether oxygens (including phenoxy) is 2. The summed E-state index contributed by atoms with van der Waals surface area (Å²) in [6.07, 6.45) is 1.02. The van der Waals surface area contributed by atoms with Crippen molar-refractivity contribution in [3.63, 3.8) is 0 Å². The fraction of sp³-hybridized carbons (Fsp3) is 0.429. The Kier molecular flexibility index (Phi) is 4.57. The minimum Gasteiger partial charge on any atom is -0.497 e. The van der Waals surface area contributed by atoms with Crippen LogP contribution in [0, 0.1) is 5.41 Å². The zero-order valence-corrected chi connectivity index (χ0v) is 12.2. The maximum atomic E-state index is 12.6. The molecule has 1 heterocycles. The molecular formula is C14H18N2O3S. The van der Waals surface area contributed by atoms with Gasteiger partial charge in [0, 0.05) is 25.0 Å². The molecule has 0 aliphatic carbocycles. The maximum absolute atomic E-state index is 12.6. The third-order valence-corrected chi connectivity index (χ3v) is 3.97. The Balaban J connectivity index is 2.18. The highest BCUT2D eigenvalue weighted by molar-refractivity contribution is 7.80. The van der Waals surface area contributed by atoms with Gasteiger partial charge in [0.05, 0.1) is 12.1 Å². The van der Waals surface area contributed by atoms with E-state index in [1.54, 1.807) is 19.2 Å². The van der Waals surface area contributed by atoms with Crippen LogP contribution in [0.2, 0.25) is 0 Å². The summed E-state index contributed by atoms with van der Waals surface area (Å²) in [6, 6.07) is 7.18. The fourth-order valence-electron chi connectivity index (χ4n) is 2.26. The van der Waals surface area contributed by atoms with Crippen LogP contribution in [-0.4, -0.2) is 31.2 Å². The number of amides is 1. The first-order valence-electron chi connectivity index (χ1n) is 6.42. The number of methoxy groups -OCH3 is 1. The second kappa shape index (κ2) is 6.19. The fourth-order valence-corrected chi connectivity index (χ4v) is 2.55. The van der Waals surface area contributed by atoms with Crippen LogP contribution in [0.25, 0.3) is 0 Å². The minimum atomic E-state index is -0.823. The smallest absolute Gasteiger partial charge is 0.237 e.